The number of nitrogens with one attached hydrogen (secondary N) is 3. The van der Waals surface area contributed by atoms with Crippen LogP contribution in [-0.4, -0.2) is 26.7 Å². The van der Waals surface area contributed by atoms with Gasteiger partial charge in [0.05, 0.1) is 11.7 Å². The second-order valence-electron chi connectivity index (χ2n) is 5.76. The van der Waals surface area contributed by atoms with Crippen molar-refractivity contribution in [1.82, 2.24) is 20.1 Å². The number of carbonyl (C=O) groups excluding carboxylic acids is 2. The molecule has 0 unspecified atom stereocenters. The zero-order chi connectivity index (χ0) is 19.1. The molecular formula is C17H23FN6O2. The number of amides is 3. The smallest absolute Gasteiger partial charge is 0.319 e. The van der Waals surface area contributed by atoms with Crippen LogP contribution >= 0.6 is 0 Å². The zero-order valence-corrected chi connectivity index (χ0v) is 15.0. The number of rotatable bonds is 7. The molecule has 0 spiro atoms. The maximum atomic E-state index is 13.9. The van der Waals surface area contributed by atoms with Crippen LogP contribution < -0.4 is 16.0 Å². The Balaban J connectivity index is 2.03. The Hall–Kier alpha value is -2.97. The number of carbonyl (C=O) groups is 2. The van der Waals surface area contributed by atoms with E-state index in [1.165, 1.54) is 24.5 Å². The summed E-state index contributed by atoms with van der Waals surface area (Å²) in [5, 5.41) is 11.9. The molecule has 2 rings (SSSR count). The van der Waals surface area contributed by atoms with Crippen LogP contribution in [0.1, 0.15) is 45.5 Å². The summed E-state index contributed by atoms with van der Waals surface area (Å²) in [5.41, 5.74) is 0.378. The molecule has 1 aromatic heterocycles. The Kier molecular flexibility index (Phi) is 6.65. The average molecular weight is 362 g/mol. The topological polar surface area (TPSA) is 101 Å². The molecule has 0 radical (unpaired) electrons. The quantitative estimate of drug-likeness (QED) is 0.704. The van der Waals surface area contributed by atoms with Crippen LogP contribution in [0.15, 0.2) is 24.5 Å². The lowest BCUT2D eigenvalue weighted by Gasteiger charge is -2.15. The molecule has 0 bridgehead atoms. The van der Waals surface area contributed by atoms with Crippen LogP contribution in [0.2, 0.25) is 0 Å². The number of urea groups is 1. The summed E-state index contributed by atoms with van der Waals surface area (Å²) in [4.78, 5) is 27.8. The van der Waals surface area contributed by atoms with E-state index >= 15 is 0 Å². The molecule has 1 aromatic carbocycles. The van der Waals surface area contributed by atoms with Crippen molar-refractivity contribution in [2.75, 3.05) is 10.6 Å². The molecule has 0 aliphatic carbocycles. The van der Waals surface area contributed by atoms with Crippen molar-refractivity contribution in [1.29, 1.82) is 0 Å². The van der Waals surface area contributed by atoms with Gasteiger partial charge in [-0.3, -0.25) is 4.79 Å². The average Bonchev–Trinajstić information content (AvgIpc) is 3.06. The third kappa shape index (κ3) is 5.01. The van der Waals surface area contributed by atoms with E-state index in [1.807, 2.05) is 6.92 Å². The standard InChI is InChI=1S/C17H23FN6O2/c1-4-8-24-16(19-10-20-24)11(3)21-17(26)23-14-9-12(6-7-13(14)18)22-15(25)5-2/h6-7,9-11H,4-5,8H2,1-3H3,(H,22,25)(H2,21,23,26)/t11-/m0/s1. The molecule has 3 N–H and O–H groups in total. The van der Waals surface area contributed by atoms with Crippen LogP contribution in [0.25, 0.3) is 0 Å². The van der Waals surface area contributed by atoms with Crippen LogP contribution in [0.4, 0.5) is 20.6 Å². The molecule has 26 heavy (non-hydrogen) atoms. The minimum atomic E-state index is -0.601. The monoisotopic (exact) mass is 362 g/mol. The van der Waals surface area contributed by atoms with E-state index in [9.17, 15) is 14.0 Å². The lowest BCUT2D eigenvalue weighted by molar-refractivity contribution is -0.115. The number of hydrogen-bond donors (Lipinski definition) is 3. The fraction of sp³-hybridized carbons (Fsp3) is 0.412. The first kappa shape index (κ1) is 19.4. The van der Waals surface area contributed by atoms with Crippen LogP contribution in [0.5, 0.6) is 0 Å². The molecule has 140 valence electrons. The Morgan fingerprint density at radius 2 is 2.04 bits per heavy atom. The van der Waals surface area contributed by atoms with E-state index < -0.39 is 17.9 Å². The highest BCUT2D eigenvalue weighted by Crippen LogP contribution is 2.20. The first-order valence-electron chi connectivity index (χ1n) is 8.49. The largest absolute Gasteiger partial charge is 0.328 e. The summed E-state index contributed by atoms with van der Waals surface area (Å²) in [6.07, 6.45) is 2.62. The van der Waals surface area contributed by atoms with E-state index in [0.29, 0.717) is 24.5 Å². The van der Waals surface area contributed by atoms with Gasteiger partial charge in [0.1, 0.15) is 18.0 Å². The summed E-state index contributed by atoms with van der Waals surface area (Å²) in [6.45, 7) is 6.19. The minimum Gasteiger partial charge on any atom is -0.328 e. The minimum absolute atomic E-state index is 0.0290. The maximum absolute atomic E-state index is 13.9. The van der Waals surface area contributed by atoms with Gasteiger partial charge in [-0.05, 0) is 31.5 Å². The predicted molar refractivity (Wildman–Crippen MR) is 96.2 cm³/mol. The highest BCUT2D eigenvalue weighted by atomic mass is 19.1. The fourth-order valence-corrected chi connectivity index (χ4v) is 2.36. The lowest BCUT2D eigenvalue weighted by atomic mass is 10.2. The van der Waals surface area contributed by atoms with Gasteiger partial charge in [-0.15, -0.1) is 0 Å². The molecule has 0 aliphatic rings. The van der Waals surface area contributed by atoms with Crippen LogP contribution in [0, 0.1) is 5.82 Å². The molecule has 0 fully saturated rings. The van der Waals surface area contributed by atoms with Gasteiger partial charge in [-0.25, -0.2) is 18.9 Å². The predicted octanol–water partition coefficient (Wildman–Crippen LogP) is 3.06. The molecule has 2 aromatic rings. The number of benzene rings is 1. The van der Waals surface area contributed by atoms with Crippen molar-refractivity contribution < 1.29 is 14.0 Å². The molecule has 0 saturated heterocycles. The number of anilines is 2. The van der Waals surface area contributed by atoms with Crippen molar-refractivity contribution in [3.63, 3.8) is 0 Å². The van der Waals surface area contributed by atoms with E-state index in [0.717, 1.165) is 6.42 Å². The van der Waals surface area contributed by atoms with Crippen molar-refractivity contribution in [2.24, 2.45) is 0 Å². The van der Waals surface area contributed by atoms with Gasteiger partial charge < -0.3 is 16.0 Å². The summed E-state index contributed by atoms with van der Waals surface area (Å²) < 4.78 is 15.7. The van der Waals surface area contributed by atoms with E-state index in [2.05, 4.69) is 26.0 Å². The van der Waals surface area contributed by atoms with Crippen LogP contribution in [0.3, 0.4) is 0 Å². The van der Waals surface area contributed by atoms with Gasteiger partial charge in [0, 0.05) is 18.7 Å². The van der Waals surface area contributed by atoms with Gasteiger partial charge in [-0.2, -0.15) is 5.10 Å². The normalized spacial score (nSPS) is 11.7. The molecule has 0 aliphatic heterocycles. The molecule has 1 atom stereocenters. The molecule has 9 heteroatoms. The first-order valence-corrected chi connectivity index (χ1v) is 8.49. The third-order valence-corrected chi connectivity index (χ3v) is 3.64. The number of aromatic nitrogens is 3. The Morgan fingerprint density at radius 3 is 2.73 bits per heavy atom. The van der Waals surface area contributed by atoms with Gasteiger partial charge in [0.2, 0.25) is 5.91 Å². The second kappa shape index (κ2) is 8.93. The Labute approximate surface area is 151 Å². The lowest BCUT2D eigenvalue weighted by Crippen LogP contribution is -2.33. The van der Waals surface area contributed by atoms with Crippen LogP contribution in [-0.2, 0) is 11.3 Å². The highest BCUT2D eigenvalue weighted by Gasteiger charge is 2.16. The number of aryl methyl sites for hydroxylation is 1. The van der Waals surface area contributed by atoms with E-state index in [-0.39, 0.29) is 11.6 Å². The molecular weight excluding hydrogens is 339 g/mol. The van der Waals surface area contributed by atoms with Crippen molar-refractivity contribution >= 4 is 23.3 Å². The molecule has 8 nitrogen and oxygen atoms in total. The Morgan fingerprint density at radius 1 is 1.27 bits per heavy atom. The van der Waals surface area contributed by atoms with E-state index in [4.69, 9.17) is 0 Å². The molecule has 3 amide bonds. The fourth-order valence-electron chi connectivity index (χ4n) is 2.36. The first-order chi connectivity index (χ1) is 12.4. The molecule has 0 saturated carbocycles. The van der Waals surface area contributed by atoms with Gasteiger partial charge in [0.25, 0.3) is 0 Å². The molecule has 1 heterocycles. The number of nitrogens with zero attached hydrogens (tertiary/aromatic N) is 3. The maximum Gasteiger partial charge on any atom is 0.319 e. The summed E-state index contributed by atoms with van der Waals surface area (Å²) in [5.74, 6) is -0.182. The van der Waals surface area contributed by atoms with Gasteiger partial charge in [-0.1, -0.05) is 13.8 Å². The Bertz CT molecular complexity index is 776. The summed E-state index contributed by atoms with van der Waals surface area (Å²) in [7, 11) is 0. The summed E-state index contributed by atoms with van der Waals surface area (Å²) >= 11 is 0. The highest BCUT2D eigenvalue weighted by molar-refractivity contribution is 5.93. The SMILES string of the molecule is CCCn1ncnc1[C@H](C)NC(=O)Nc1cc(NC(=O)CC)ccc1F. The van der Waals surface area contributed by atoms with Crippen molar-refractivity contribution in [2.45, 2.75) is 46.2 Å². The van der Waals surface area contributed by atoms with Crippen molar-refractivity contribution in [3.8, 4) is 0 Å². The zero-order valence-electron chi connectivity index (χ0n) is 15.0. The van der Waals surface area contributed by atoms with Gasteiger partial charge >= 0.3 is 6.03 Å². The second-order valence-corrected chi connectivity index (χ2v) is 5.76. The third-order valence-electron chi connectivity index (χ3n) is 3.64. The number of hydrogen-bond acceptors (Lipinski definition) is 4. The van der Waals surface area contributed by atoms with Crippen molar-refractivity contribution in [3.05, 3.63) is 36.2 Å². The van der Waals surface area contributed by atoms with Gasteiger partial charge in [0.15, 0.2) is 0 Å². The van der Waals surface area contributed by atoms with E-state index in [1.54, 1.807) is 18.5 Å². The summed E-state index contributed by atoms with van der Waals surface area (Å²) in [6, 6.07) is 2.99. The number of halogens is 1.